The van der Waals surface area contributed by atoms with Crippen molar-refractivity contribution in [1.82, 2.24) is 10.3 Å². The summed E-state index contributed by atoms with van der Waals surface area (Å²) in [6, 6.07) is 11.0. The summed E-state index contributed by atoms with van der Waals surface area (Å²) in [5.74, 6) is 5.78. The molecule has 6 nitrogen and oxygen atoms in total. The molecule has 0 unspecified atom stereocenters. The van der Waals surface area contributed by atoms with Gasteiger partial charge in [-0.2, -0.15) is 0 Å². The lowest BCUT2D eigenvalue weighted by Gasteiger charge is -2.08. The van der Waals surface area contributed by atoms with Crippen LogP contribution in [0.25, 0.3) is 0 Å². The summed E-state index contributed by atoms with van der Waals surface area (Å²) in [5, 5.41) is 2.74. The van der Waals surface area contributed by atoms with Crippen LogP contribution in [-0.2, 0) is 0 Å². The van der Waals surface area contributed by atoms with Crippen LogP contribution in [0.4, 0.5) is 5.69 Å². The number of nitrogen functional groups attached to an aromatic ring is 1. The molecule has 1 aromatic carbocycles. The maximum absolute atomic E-state index is 11.8. The Hall–Kier alpha value is -2.60. The van der Waals surface area contributed by atoms with Crippen molar-refractivity contribution in [3.8, 4) is 5.75 Å². The standard InChI is InChI=1S/C15H18N4O2/c1-11-3-2-4-13(9-11)21-8-7-17-15(20)14-6-5-12(19-16)10-18-14/h2-6,9-10,19H,7-8,16H2,1H3,(H,17,20). The number of rotatable bonds is 6. The highest BCUT2D eigenvalue weighted by molar-refractivity contribution is 5.92. The number of amides is 1. The van der Waals surface area contributed by atoms with Crippen molar-refractivity contribution in [3.05, 3.63) is 53.9 Å². The third-order valence-electron chi connectivity index (χ3n) is 2.81. The van der Waals surface area contributed by atoms with Gasteiger partial charge in [0.05, 0.1) is 18.4 Å². The predicted molar refractivity (Wildman–Crippen MR) is 81.1 cm³/mol. The minimum Gasteiger partial charge on any atom is -0.492 e. The fraction of sp³-hybridized carbons (Fsp3) is 0.200. The highest BCUT2D eigenvalue weighted by atomic mass is 16.5. The maximum Gasteiger partial charge on any atom is 0.269 e. The van der Waals surface area contributed by atoms with Gasteiger partial charge >= 0.3 is 0 Å². The van der Waals surface area contributed by atoms with Crippen LogP contribution in [-0.4, -0.2) is 24.0 Å². The van der Waals surface area contributed by atoms with Crippen molar-refractivity contribution in [2.75, 3.05) is 18.6 Å². The lowest BCUT2D eigenvalue weighted by Crippen LogP contribution is -2.28. The first-order valence-corrected chi connectivity index (χ1v) is 6.59. The molecule has 2 aromatic rings. The Bertz CT molecular complexity index is 599. The Morgan fingerprint density at radius 1 is 1.33 bits per heavy atom. The van der Waals surface area contributed by atoms with Crippen molar-refractivity contribution in [2.24, 2.45) is 5.84 Å². The molecule has 0 radical (unpaired) electrons. The quantitative estimate of drug-likeness (QED) is 0.425. The van der Waals surface area contributed by atoms with Gasteiger partial charge in [-0.1, -0.05) is 12.1 Å². The molecule has 6 heteroatoms. The Morgan fingerprint density at radius 3 is 2.86 bits per heavy atom. The largest absolute Gasteiger partial charge is 0.492 e. The van der Waals surface area contributed by atoms with E-state index >= 15 is 0 Å². The average molecular weight is 286 g/mol. The minimum absolute atomic E-state index is 0.244. The Morgan fingerprint density at radius 2 is 2.19 bits per heavy atom. The average Bonchev–Trinajstić information content (AvgIpc) is 2.51. The number of hydrogen-bond acceptors (Lipinski definition) is 5. The second-order valence-electron chi connectivity index (χ2n) is 4.50. The molecule has 0 spiro atoms. The molecule has 0 aliphatic rings. The van der Waals surface area contributed by atoms with Crippen LogP contribution < -0.4 is 21.3 Å². The second kappa shape index (κ2) is 7.25. The topological polar surface area (TPSA) is 89.3 Å². The summed E-state index contributed by atoms with van der Waals surface area (Å²) in [7, 11) is 0. The zero-order chi connectivity index (χ0) is 15.1. The van der Waals surface area contributed by atoms with Crippen molar-refractivity contribution in [1.29, 1.82) is 0 Å². The Labute approximate surface area is 123 Å². The van der Waals surface area contributed by atoms with Crippen LogP contribution in [0.5, 0.6) is 5.75 Å². The van der Waals surface area contributed by atoms with E-state index in [9.17, 15) is 4.79 Å². The Kier molecular flexibility index (Phi) is 5.11. The molecule has 0 atom stereocenters. The number of aromatic nitrogens is 1. The van der Waals surface area contributed by atoms with Crippen LogP contribution in [0.1, 0.15) is 16.1 Å². The second-order valence-corrected chi connectivity index (χ2v) is 4.50. The van der Waals surface area contributed by atoms with Crippen molar-refractivity contribution in [2.45, 2.75) is 6.92 Å². The van der Waals surface area contributed by atoms with Gasteiger partial charge in [0.15, 0.2) is 0 Å². The number of carbonyl (C=O) groups excluding carboxylic acids is 1. The SMILES string of the molecule is Cc1cccc(OCCNC(=O)c2ccc(NN)cn2)c1. The highest BCUT2D eigenvalue weighted by Crippen LogP contribution is 2.11. The summed E-state index contributed by atoms with van der Waals surface area (Å²) in [6.45, 7) is 2.81. The first-order valence-electron chi connectivity index (χ1n) is 6.59. The molecule has 0 saturated heterocycles. The van der Waals surface area contributed by atoms with Gasteiger partial charge in [0.25, 0.3) is 5.91 Å². The molecular formula is C15H18N4O2. The van der Waals surface area contributed by atoms with E-state index in [1.165, 1.54) is 6.20 Å². The molecular weight excluding hydrogens is 268 g/mol. The summed E-state index contributed by atoms with van der Waals surface area (Å²) >= 11 is 0. The van der Waals surface area contributed by atoms with Gasteiger partial charge in [0.2, 0.25) is 0 Å². The molecule has 1 heterocycles. The van der Waals surface area contributed by atoms with Crippen molar-refractivity contribution < 1.29 is 9.53 Å². The maximum atomic E-state index is 11.8. The predicted octanol–water partition coefficient (Wildman–Crippen LogP) is 1.48. The molecule has 1 aromatic heterocycles. The third kappa shape index (κ3) is 4.47. The normalized spacial score (nSPS) is 10.0. The third-order valence-corrected chi connectivity index (χ3v) is 2.81. The lowest BCUT2D eigenvalue weighted by molar-refractivity contribution is 0.0942. The summed E-state index contributed by atoms with van der Waals surface area (Å²) < 4.78 is 5.55. The first kappa shape index (κ1) is 14.8. The van der Waals surface area contributed by atoms with Crippen LogP contribution >= 0.6 is 0 Å². The molecule has 0 bridgehead atoms. The zero-order valence-corrected chi connectivity index (χ0v) is 11.8. The number of nitrogens with zero attached hydrogens (tertiary/aromatic N) is 1. The smallest absolute Gasteiger partial charge is 0.269 e. The fourth-order valence-corrected chi connectivity index (χ4v) is 1.74. The number of carbonyl (C=O) groups is 1. The monoisotopic (exact) mass is 286 g/mol. The van der Waals surface area contributed by atoms with Crippen molar-refractivity contribution in [3.63, 3.8) is 0 Å². The number of aryl methyl sites for hydroxylation is 1. The van der Waals surface area contributed by atoms with Crippen LogP contribution in [0.3, 0.4) is 0 Å². The summed E-state index contributed by atoms with van der Waals surface area (Å²) in [4.78, 5) is 15.8. The molecule has 1 amide bonds. The van der Waals surface area contributed by atoms with E-state index in [0.717, 1.165) is 11.3 Å². The van der Waals surface area contributed by atoms with E-state index in [4.69, 9.17) is 10.6 Å². The summed E-state index contributed by atoms with van der Waals surface area (Å²) in [5.41, 5.74) is 4.57. The molecule has 2 rings (SSSR count). The number of nitrogens with one attached hydrogen (secondary N) is 2. The fourth-order valence-electron chi connectivity index (χ4n) is 1.74. The van der Waals surface area contributed by atoms with Gasteiger partial charge in [-0.05, 0) is 36.8 Å². The van der Waals surface area contributed by atoms with Gasteiger partial charge in [-0.3, -0.25) is 10.6 Å². The number of anilines is 1. The van der Waals surface area contributed by atoms with Gasteiger partial charge < -0.3 is 15.5 Å². The zero-order valence-electron chi connectivity index (χ0n) is 11.8. The number of benzene rings is 1. The molecule has 4 N–H and O–H groups in total. The van der Waals surface area contributed by atoms with E-state index in [1.807, 2.05) is 31.2 Å². The van der Waals surface area contributed by atoms with Crippen LogP contribution in [0.2, 0.25) is 0 Å². The van der Waals surface area contributed by atoms with Gasteiger partial charge in [0, 0.05) is 0 Å². The Balaban J connectivity index is 1.76. The first-order chi connectivity index (χ1) is 10.2. The molecule has 0 saturated carbocycles. The number of pyridine rings is 1. The van der Waals surface area contributed by atoms with Gasteiger partial charge in [0.1, 0.15) is 18.1 Å². The van der Waals surface area contributed by atoms with E-state index in [1.54, 1.807) is 12.1 Å². The number of hydrazine groups is 1. The molecule has 0 aliphatic heterocycles. The van der Waals surface area contributed by atoms with Crippen LogP contribution in [0, 0.1) is 6.92 Å². The minimum atomic E-state index is -0.244. The summed E-state index contributed by atoms with van der Waals surface area (Å²) in [6.07, 6.45) is 1.50. The molecule has 21 heavy (non-hydrogen) atoms. The molecule has 110 valence electrons. The number of hydrogen-bond donors (Lipinski definition) is 3. The number of ether oxygens (including phenoxy) is 1. The van der Waals surface area contributed by atoms with Crippen LogP contribution in [0.15, 0.2) is 42.6 Å². The van der Waals surface area contributed by atoms with Crippen molar-refractivity contribution >= 4 is 11.6 Å². The lowest BCUT2D eigenvalue weighted by atomic mass is 10.2. The van der Waals surface area contributed by atoms with Gasteiger partial charge in [-0.25, -0.2) is 4.98 Å². The van der Waals surface area contributed by atoms with E-state index < -0.39 is 0 Å². The molecule has 0 aliphatic carbocycles. The van der Waals surface area contributed by atoms with E-state index in [2.05, 4.69) is 15.7 Å². The van der Waals surface area contributed by atoms with E-state index in [-0.39, 0.29) is 5.91 Å². The molecule has 0 fully saturated rings. The van der Waals surface area contributed by atoms with E-state index in [0.29, 0.717) is 24.5 Å². The number of nitrogens with two attached hydrogens (primary N) is 1. The highest BCUT2D eigenvalue weighted by Gasteiger charge is 2.06. The van der Waals surface area contributed by atoms with Gasteiger partial charge in [-0.15, -0.1) is 0 Å².